The van der Waals surface area contributed by atoms with Crippen LogP contribution in [0.3, 0.4) is 0 Å². The Bertz CT molecular complexity index is 352. The van der Waals surface area contributed by atoms with Crippen LogP contribution >= 0.6 is 12.4 Å². The van der Waals surface area contributed by atoms with Crippen molar-refractivity contribution in [2.75, 3.05) is 5.43 Å². The number of carbonyl (C=O) groups excluding carboxylic acids is 1. The number of fused-ring (bicyclic) bond motifs is 1. The van der Waals surface area contributed by atoms with Crippen LogP contribution in [0.15, 0.2) is 18.2 Å². The number of aryl methyl sites for hydroxylation is 1. The number of hydrogen-bond acceptors (Lipinski definition) is 3. The smallest absolute Gasteiger partial charge is 0.163 e. The Kier molecular flexibility index (Phi) is 3.49. The number of halogens is 1. The zero-order valence-corrected chi connectivity index (χ0v) is 8.56. The van der Waals surface area contributed by atoms with Crippen LogP contribution in [-0.2, 0) is 6.42 Å². The summed E-state index contributed by atoms with van der Waals surface area (Å²) >= 11 is 0. The lowest BCUT2D eigenvalue weighted by molar-refractivity contribution is 0.0972. The van der Waals surface area contributed by atoms with Crippen LogP contribution in [0.2, 0.25) is 0 Å². The highest BCUT2D eigenvalue weighted by atomic mass is 35.5. The molecule has 14 heavy (non-hydrogen) atoms. The third-order valence-corrected chi connectivity index (χ3v) is 2.43. The Morgan fingerprint density at radius 3 is 2.79 bits per heavy atom. The number of rotatable bonds is 1. The molecule has 0 fully saturated rings. The molecule has 0 atom stereocenters. The molecule has 0 radical (unpaired) electrons. The molecular formula is C10H13ClN2O. The van der Waals surface area contributed by atoms with Gasteiger partial charge in [0.2, 0.25) is 0 Å². The number of anilines is 1. The molecule has 0 aliphatic heterocycles. The summed E-state index contributed by atoms with van der Waals surface area (Å²) in [6.45, 7) is 0. The SMILES string of the molecule is Cl.NNc1ccc2c(c1)C(=O)CCC2. The minimum atomic E-state index is 0. The molecule has 1 aliphatic carbocycles. The summed E-state index contributed by atoms with van der Waals surface area (Å²) in [5.74, 6) is 5.50. The third kappa shape index (κ3) is 1.89. The van der Waals surface area contributed by atoms with Crippen molar-refractivity contribution in [2.24, 2.45) is 5.84 Å². The largest absolute Gasteiger partial charge is 0.324 e. The molecule has 0 aromatic heterocycles. The lowest BCUT2D eigenvalue weighted by Crippen LogP contribution is -2.13. The van der Waals surface area contributed by atoms with Gasteiger partial charge in [-0.15, -0.1) is 12.4 Å². The number of benzene rings is 1. The Hall–Kier alpha value is -1.06. The van der Waals surface area contributed by atoms with E-state index in [1.807, 2.05) is 18.2 Å². The normalized spacial score (nSPS) is 14.2. The van der Waals surface area contributed by atoms with Gasteiger partial charge in [-0.25, -0.2) is 0 Å². The van der Waals surface area contributed by atoms with Gasteiger partial charge in [-0.2, -0.15) is 0 Å². The van der Waals surface area contributed by atoms with E-state index in [1.54, 1.807) is 0 Å². The summed E-state index contributed by atoms with van der Waals surface area (Å²) < 4.78 is 0. The molecule has 0 heterocycles. The quantitative estimate of drug-likeness (QED) is 0.552. The van der Waals surface area contributed by atoms with Crippen LogP contribution in [-0.4, -0.2) is 5.78 Å². The monoisotopic (exact) mass is 212 g/mol. The first-order valence-corrected chi connectivity index (χ1v) is 4.44. The van der Waals surface area contributed by atoms with Crippen LogP contribution in [0.4, 0.5) is 5.69 Å². The number of hydrogen-bond donors (Lipinski definition) is 2. The fourth-order valence-corrected chi connectivity index (χ4v) is 1.72. The molecule has 0 bridgehead atoms. The first-order valence-electron chi connectivity index (χ1n) is 4.44. The Balaban J connectivity index is 0.000000980. The second kappa shape index (κ2) is 4.44. The van der Waals surface area contributed by atoms with Gasteiger partial charge in [-0.05, 0) is 30.5 Å². The van der Waals surface area contributed by atoms with Crippen molar-refractivity contribution in [1.82, 2.24) is 0 Å². The van der Waals surface area contributed by atoms with Crippen molar-refractivity contribution in [2.45, 2.75) is 19.3 Å². The standard InChI is InChI=1S/C10H12N2O.ClH/c11-12-8-5-4-7-2-1-3-10(13)9(7)6-8;/h4-6,12H,1-3,11H2;1H. The number of Topliss-reactive ketones (excluding diaryl/α,β-unsaturated/α-hetero) is 1. The van der Waals surface area contributed by atoms with Gasteiger partial charge in [-0.1, -0.05) is 6.07 Å². The minimum Gasteiger partial charge on any atom is -0.324 e. The second-order valence-electron chi connectivity index (χ2n) is 3.29. The van der Waals surface area contributed by atoms with Crippen molar-refractivity contribution in [3.8, 4) is 0 Å². The topological polar surface area (TPSA) is 55.1 Å². The maximum atomic E-state index is 11.5. The van der Waals surface area contributed by atoms with Gasteiger partial charge in [0.1, 0.15) is 0 Å². The lowest BCUT2D eigenvalue weighted by atomic mass is 9.90. The second-order valence-corrected chi connectivity index (χ2v) is 3.29. The van der Waals surface area contributed by atoms with Crippen molar-refractivity contribution in [3.05, 3.63) is 29.3 Å². The molecule has 0 spiro atoms. The molecule has 1 aromatic rings. The van der Waals surface area contributed by atoms with E-state index in [4.69, 9.17) is 5.84 Å². The van der Waals surface area contributed by atoms with Gasteiger partial charge in [-0.3, -0.25) is 10.6 Å². The number of nitrogens with one attached hydrogen (secondary N) is 1. The molecular weight excluding hydrogens is 200 g/mol. The predicted octanol–water partition coefficient (Wildman–Crippen LogP) is 1.91. The van der Waals surface area contributed by atoms with Gasteiger partial charge in [0, 0.05) is 17.7 Å². The van der Waals surface area contributed by atoms with E-state index in [0.717, 1.165) is 29.7 Å². The molecule has 3 nitrogen and oxygen atoms in total. The highest BCUT2D eigenvalue weighted by Gasteiger charge is 2.16. The first-order chi connectivity index (χ1) is 6.31. The van der Waals surface area contributed by atoms with Crippen LogP contribution in [0, 0.1) is 0 Å². The molecule has 0 saturated heterocycles. The minimum absolute atomic E-state index is 0. The number of hydrazine groups is 1. The van der Waals surface area contributed by atoms with E-state index in [-0.39, 0.29) is 18.2 Å². The molecule has 1 aromatic carbocycles. The summed E-state index contributed by atoms with van der Waals surface area (Å²) in [5.41, 5.74) is 5.33. The Morgan fingerprint density at radius 2 is 2.07 bits per heavy atom. The fourth-order valence-electron chi connectivity index (χ4n) is 1.72. The molecule has 76 valence electrons. The molecule has 2 rings (SSSR count). The van der Waals surface area contributed by atoms with Gasteiger partial charge in [0.15, 0.2) is 5.78 Å². The van der Waals surface area contributed by atoms with Crippen LogP contribution in [0.25, 0.3) is 0 Å². The van der Waals surface area contributed by atoms with Crippen molar-refractivity contribution < 1.29 is 4.79 Å². The highest BCUT2D eigenvalue weighted by Crippen LogP contribution is 2.23. The third-order valence-electron chi connectivity index (χ3n) is 2.43. The van der Waals surface area contributed by atoms with Crippen molar-refractivity contribution >= 4 is 23.9 Å². The maximum absolute atomic E-state index is 11.5. The van der Waals surface area contributed by atoms with Crippen LogP contribution in [0.1, 0.15) is 28.8 Å². The average Bonchev–Trinajstić information content (AvgIpc) is 2.18. The number of carbonyl (C=O) groups is 1. The highest BCUT2D eigenvalue weighted by molar-refractivity contribution is 5.99. The Labute approximate surface area is 89.1 Å². The molecule has 3 N–H and O–H groups in total. The van der Waals surface area contributed by atoms with Gasteiger partial charge in [0.05, 0.1) is 0 Å². The zero-order valence-electron chi connectivity index (χ0n) is 7.75. The first kappa shape index (κ1) is 11.0. The number of ketones is 1. The Morgan fingerprint density at radius 1 is 1.29 bits per heavy atom. The molecule has 0 unspecified atom stereocenters. The molecule has 0 saturated carbocycles. The number of nitrogens with two attached hydrogens (primary N) is 1. The summed E-state index contributed by atoms with van der Waals surface area (Å²) in [5, 5.41) is 0. The van der Waals surface area contributed by atoms with Crippen molar-refractivity contribution in [3.63, 3.8) is 0 Å². The predicted molar refractivity (Wildman–Crippen MR) is 58.8 cm³/mol. The van der Waals surface area contributed by atoms with E-state index < -0.39 is 0 Å². The summed E-state index contributed by atoms with van der Waals surface area (Å²) in [6, 6.07) is 5.70. The zero-order chi connectivity index (χ0) is 9.26. The van der Waals surface area contributed by atoms with E-state index in [2.05, 4.69) is 5.43 Å². The molecule has 1 aliphatic rings. The van der Waals surface area contributed by atoms with Gasteiger partial charge in [0.25, 0.3) is 0 Å². The van der Waals surface area contributed by atoms with E-state index in [9.17, 15) is 4.79 Å². The molecule has 0 amide bonds. The molecule has 4 heteroatoms. The lowest BCUT2D eigenvalue weighted by Gasteiger charge is -2.15. The van der Waals surface area contributed by atoms with Gasteiger partial charge >= 0.3 is 0 Å². The average molecular weight is 213 g/mol. The van der Waals surface area contributed by atoms with Crippen LogP contribution < -0.4 is 11.3 Å². The van der Waals surface area contributed by atoms with Gasteiger partial charge < -0.3 is 5.43 Å². The van der Waals surface area contributed by atoms with E-state index in [1.165, 1.54) is 0 Å². The maximum Gasteiger partial charge on any atom is 0.163 e. The summed E-state index contributed by atoms with van der Waals surface area (Å²) in [6.07, 6.45) is 2.65. The van der Waals surface area contributed by atoms with Crippen LogP contribution in [0.5, 0.6) is 0 Å². The number of nitrogen functional groups attached to an aromatic ring is 1. The van der Waals surface area contributed by atoms with E-state index in [0.29, 0.717) is 6.42 Å². The van der Waals surface area contributed by atoms with Crippen molar-refractivity contribution in [1.29, 1.82) is 0 Å². The fraction of sp³-hybridized carbons (Fsp3) is 0.300. The summed E-state index contributed by atoms with van der Waals surface area (Å²) in [7, 11) is 0. The summed E-state index contributed by atoms with van der Waals surface area (Å²) in [4.78, 5) is 11.5. The van der Waals surface area contributed by atoms with E-state index >= 15 is 0 Å².